The van der Waals surface area contributed by atoms with E-state index in [4.69, 9.17) is 11.6 Å². The van der Waals surface area contributed by atoms with Crippen LogP contribution in [0, 0.1) is 5.82 Å². The molecule has 27 heavy (non-hydrogen) atoms. The summed E-state index contributed by atoms with van der Waals surface area (Å²) in [5.41, 5.74) is 0.739. The van der Waals surface area contributed by atoms with Crippen LogP contribution in [0.5, 0.6) is 0 Å². The Kier molecular flexibility index (Phi) is 7.38. The summed E-state index contributed by atoms with van der Waals surface area (Å²) in [6.45, 7) is 1.20. The average Bonchev–Trinajstić information content (AvgIpc) is 2.62. The number of halogens is 2. The normalized spacial score (nSPS) is 10.4. The Morgan fingerprint density at radius 1 is 1.19 bits per heavy atom. The number of carbonyl (C=O) groups is 3. The maximum absolute atomic E-state index is 14.0. The number of para-hydroxylation sites is 1. The van der Waals surface area contributed by atoms with Gasteiger partial charge < -0.3 is 10.2 Å². The van der Waals surface area contributed by atoms with E-state index in [0.29, 0.717) is 10.7 Å². The van der Waals surface area contributed by atoms with E-state index >= 15 is 0 Å². The third kappa shape index (κ3) is 6.08. The minimum atomic E-state index is -0.556. The summed E-state index contributed by atoms with van der Waals surface area (Å²) in [5, 5.41) is 3.03. The molecule has 2 amide bonds. The Morgan fingerprint density at radius 2 is 1.89 bits per heavy atom. The van der Waals surface area contributed by atoms with Crippen LogP contribution in [0.2, 0.25) is 5.02 Å². The van der Waals surface area contributed by atoms with E-state index in [2.05, 4.69) is 5.32 Å². The molecular weight excluding hydrogens is 391 g/mol. The molecule has 0 aliphatic rings. The first kappa shape index (κ1) is 20.9. The van der Waals surface area contributed by atoms with Crippen molar-refractivity contribution in [2.45, 2.75) is 11.8 Å². The number of carbonyl (C=O) groups excluding carboxylic acids is 3. The molecule has 1 N–H and O–H groups in total. The molecule has 5 nitrogen and oxygen atoms in total. The smallest absolute Gasteiger partial charge is 0.244 e. The molecule has 0 radical (unpaired) electrons. The predicted octanol–water partition coefficient (Wildman–Crippen LogP) is 3.87. The van der Waals surface area contributed by atoms with E-state index < -0.39 is 5.82 Å². The van der Waals surface area contributed by atoms with E-state index in [1.165, 1.54) is 31.0 Å². The second kappa shape index (κ2) is 9.53. The van der Waals surface area contributed by atoms with Gasteiger partial charge in [-0.25, -0.2) is 4.39 Å². The standard InChI is InChI=1S/C19H18ClFN2O3S/c1-12(24)13-7-8-17(15(21)9-13)27-11-19(26)23(2)10-18(25)22-16-6-4-3-5-14(16)20/h3-9H,10-11H2,1-2H3,(H,22,25). The number of Topliss-reactive ketones (excluding diaryl/α,β-unsaturated/α-hetero) is 1. The number of nitrogens with one attached hydrogen (secondary N) is 1. The lowest BCUT2D eigenvalue weighted by molar-refractivity contribution is -0.131. The number of rotatable bonds is 7. The van der Waals surface area contributed by atoms with Gasteiger partial charge in [0.25, 0.3) is 0 Å². The first-order chi connectivity index (χ1) is 12.8. The summed E-state index contributed by atoms with van der Waals surface area (Å²) in [4.78, 5) is 37.0. The van der Waals surface area contributed by atoms with Crippen LogP contribution in [-0.4, -0.2) is 41.8 Å². The van der Waals surface area contributed by atoms with Crippen molar-refractivity contribution in [3.8, 4) is 0 Å². The van der Waals surface area contributed by atoms with Crippen LogP contribution in [0.25, 0.3) is 0 Å². The van der Waals surface area contributed by atoms with Crippen LogP contribution in [0.4, 0.5) is 10.1 Å². The van der Waals surface area contributed by atoms with Crippen molar-refractivity contribution in [1.29, 1.82) is 0 Å². The van der Waals surface area contributed by atoms with E-state index in [0.717, 1.165) is 17.8 Å². The lowest BCUT2D eigenvalue weighted by atomic mass is 10.1. The fourth-order valence-electron chi connectivity index (χ4n) is 2.14. The number of hydrogen-bond donors (Lipinski definition) is 1. The summed E-state index contributed by atoms with van der Waals surface area (Å²) < 4.78 is 14.0. The first-order valence-electron chi connectivity index (χ1n) is 7.99. The zero-order valence-electron chi connectivity index (χ0n) is 14.8. The Bertz CT molecular complexity index is 876. The Morgan fingerprint density at radius 3 is 2.52 bits per heavy atom. The highest BCUT2D eigenvalue weighted by atomic mass is 35.5. The number of anilines is 1. The van der Waals surface area contributed by atoms with Gasteiger partial charge in [-0.2, -0.15) is 0 Å². The Hall–Kier alpha value is -2.38. The fraction of sp³-hybridized carbons (Fsp3) is 0.211. The summed E-state index contributed by atoms with van der Waals surface area (Å²) in [6, 6.07) is 10.9. The van der Waals surface area contributed by atoms with Crippen LogP contribution >= 0.6 is 23.4 Å². The average molecular weight is 409 g/mol. The molecule has 0 atom stereocenters. The van der Waals surface area contributed by atoms with Gasteiger partial charge in [-0.3, -0.25) is 14.4 Å². The summed E-state index contributed by atoms with van der Waals surface area (Å²) >= 11 is 6.98. The highest BCUT2D eigenvalue weighted by molar-refractivity contribution is 8.00. The van der Waals surface area contributed by atoms with Gasteiger partial charge in [-0.15, -0.1) is 11.8 Å². The number of thioether (sulfide) groups is 1. The number of ketones is 1. The van der Waals surface area contributed by atoms with E-state index in [1.54, 1.807) is 24.3 Å². The van der Waals surface area contributed by atoms with Gasteiger partial charge in [0.05, 0.1) is 23.0 Å². The molecule has 8 heteroatoms. The third-order valence-corrected chi connectivity index (χ3v) is 5.01. The quantitative estimate of drug-likeness (QED) is 0.558. The van der Waals surface area contributed by atoms with Gasteiger partial charge in [0, 0.05) is 17.5 Å². The van der Waals surface area contributed by atoms with Crippen LogP contribution < -0.4 is 5.32 Å². The van der Waals surface area contributed by atoms with Crippen LogP contribution in [0.15, 0.2) is 47.4 Å². The predicted molar refractivity (Wildman–Crippen MR) is 105 cm³/mol. The summed E-state index contributed by atoms with van der Waals surface area (Å²) in [7, 11) is 1.49. The minimum Gasteiger partial charge on any atom is -0.336 e. The molecule has 0 saturated carbocycles. The second-order valence-electron chi connectivity index (χ2n) is 5.77. The molecule has 2 rings (SSSR count). The number of likely N-dealkylation sites (N-methyl/N-ethyl adjacent to an activating group) is 1. The maximum atomic E-state index is 14.0. The van der Waals surface area contributed by atoms with E-state index in [1.807, 2.05) is 0 Å². The van der Waals surface area contributed by atoms with Gasteiger partial charge in [-0.05, 0) is 31.2 Å². The number of amides is 2. The summed E-state index contributed by atoms with van der Waals surface area (Å²) in [5.74, 6) is -1.54. The fourth-order valence-corrected chi connectivity index (χ4v) is 3.19. The monoisotopic (exact) mass is 408 g/mol. The number of nitrogens with zero attached hydrogens (tertiary/aromatic N) is 1. The molecule has 0 aromatic heterocycles. The second-order valence-corrected chi connectivity index (χ2v) is 7.19. The number of hydrogen-bond acceptors (Lipinski definition) is 4. The molecule has 0 bridgehead atoms. The molecular formula is C19H18ClFN2O3S. The maximum Gasteiger partial charge on any atom is 0.244 e. The molecule has 0 saturated heterocycles. The van der Waals surface area contributed by atoms with Crippen LogP contribution in [0.1, 0.15) is 17.3 Å². The molecule has 0 unspecified atom stereocenters. The van der Waals surface area contributed by atoms with Crippen molar-refractivity contribution < 1.29 is 18.8 Å². The van der Waals surface area contributed by atoms with Gasteiger partial charge in [0.15, 0.2) is 5.78 Å². The van der Waals surface area contributed by atoms with Crippen molar-refractivity contribution in [3.63, 3.8) is 0 Å². The molecule has 0 aliphatic carbocycles. The lowest BCUT2D eigenvalue weighted by Gasteiger charge is -2.17. The molecule has 0 aliphatic heterocycles. The molecule has 0 spiro atoms. The van der Waals surface area contributed by atoms with Gasteiger partial charge in [0.1, 0.15) is 5.82 Å². The molecule has 142 valence electrons. The molecule has 2 aromatic rings. The van der Waals surface area contributed by atoms with Crippen molar-refractivity contribution in [2.24, 2.45) is 0 Å². The SMILES string of the molecule is CC(=O)c1ccc(SCC(=O)N(C)CC(=O)Nc2ccccc2Cl)c(F)c1. The first-order valence-corrected chi connectivity index (χ1v) is 9.36. The van der Waals surface area contributed by atoms with Gasteiger partial charge in [-0.1, -0.05) is 29.8 Å². The minimum absolute atomic E-state index is 0.0355. The van der Waals surface area contributed by atoms with Crippen LogP contribution in [0.3, 0.4) is 0 Å². The van der Waals surface area contributed by atoms with E-state index in [9.17, 15) is 18.8 Å². The Labute approximate surface area is 165 Å². The topological polar surface area (TPSA) is 66.5 Å². The highest BCUT2D eigenvalue weighted by Crippen LogP contribution is 2.23. The number of benzene rings is 2. The molecule has 2 aromatic carbocycles. The third-order valence-electron chi connectivity index (χ3n) is 3.64. The zero-order chi connectivity index (χ0) is 20.0. The van der Waals surface area contributed by atoms with Gasteiger partial charge in [0.2, 0.25) is 11.8 Å². The van der Waals surface area contributed by atoms with E-state index in [-0.39, 0.29) is 40.4 Å². The van der Waals surface area contributed by atoms with Crippen LogP contribution in [-0.2, 0) is 9.59 Å². The van der Waals surface area contributed by atoms with Crippen molar-refractivity contribution >= 4 is 46.6 Å². The van der Waals surface area contributed by atoms with Crippen molar-refractivity contribution in [3.05, 3.63) is 58.9 Å². The lowest BCUT2D eigenvalue weighted by Crippen LogP contribution is -2.36. The molecule has 0 fully saturated rings. The summed E-state index contributed by atoms with van der Waals surface area (Å²) in [6.07, 6.45) is 0. The Balaban J connectivity index is 1.87. The zero-order valence-corrected chi connectivity index (χ0v) is 16.4. The molecule has 0 heterocycles. The van der Waals surface area contributed by atoms with Crippen molar-refractivity contribution in [1.82, 2.24) is 4.90 Å². The largest absolute Gasteiger partial charge is 0.336 e. The van der Waals surface area contributed by atoms with Crippen molar-refractivity contribution in [2.75, 3.05) is 24.7 Å². The van der Waals surface area contributed by atoms with Gasteiger partial charge >= 0.3 is 0 Å². The highest BCUT2D eigenvalue weighted by Gasteiger charge is 2.15.